The van der Waals surface area contributed by atoms with Crippen molar-refractivity contribution in [2.24, 2.45) is 0 Å². The monoisotopic (exact) mass is 858 g/mol. The van der Waals surface area contributed by atoms with Gasteiger partial charge in [0.1, 0.15) is 36.3 Å². The maximum atomic E-state index is 12.6. The minimum atomic E-state index is -1.51. The lowest BCUT2D eigenvalue weighted by atomic mass is 9.97. The number of benzene rings is 4. The first-order valence-corrected chi connectivity index (χ1v) is 20.4. The van der Waals surface area contributed by atoms with Gasteiger partial charge in [-0.1, -0.05) is 103 Å². The zero-order chi connectivity index (χ0) is 43.8. The first kappa shape index (κ1) is 46.3. The highest BCUT2D eigenvalue weighted by Gasteiger charge is 2.54. The fourth-order valence-electron chi connectivity index (χ4n) is 7.23. The molecular formula is C47H54O15. The Labute approximate surface area is 361 Å². The quantitative estimate of drug-likeness (QED) is 0.0905. The van der Waals surface area contributed by atoms with Gasteiger partial charge in [0.05, 0.1) is 46.8 Å². The second-order valence-corrected chi connectivity index (χ2v) is 14.8. The Bertz CT molecular complexity index is 1970. The summed E-state index contributed by atoms with van der Waals surface area (Å²) in [6, 6.07) is 35.8. The number of carbonyl (C=O) groups is 3. The van der Waals surface area contributed by atoms with Gasteiger partial charge in [-0.05, 0) is 34.4 Å². The fourth-order valence-corrected chi connectivity index (χ4v) is 7.23. The molecule has 0 saturated carbocycles. The standard InChI is InChI=1S/C47H54O15/c1-30(48)58-41-38(28-53-24-36-20-22-37(52-4)23-21-36)62-47(45(60-32(3)50)43(41)59-31(2)49)57-29-39-40(54-25-33-14-8-5-9-15-33)42(55-26-34-16-10-6-11-17-34)44(46(51)61-39)56-27-35-18-12-7-13-19-35/h5-23,38-47,51H,24-29H2,1-4H3/t38-,39-,40-,41-,42+,43+,44-,45-,46+,47-/m1/s1. The van der Waals surface area contributed by atoms with Gasteiger partial charge in [-0.3, -0.25) is 14.4 Å². The van der Waals surface area contributed by atoms with E-state index in [0.717, 1.165) is 22.3 Å². The summed E-state index contributed by atoms with van der Waals surface area (Å²) in [5, 5.41) is 11.6. The van der Waals surface area contributed by atoms with Gasteiger partial charge in [0.25, 0.3) is 0 Å². The Morgan fingerprint density at radius 3 is 1.45 bits per heavy atom. The first-order chi connectivity index (χ1) is 30.1. The Morgan fingerprint density at radius 1 is 0.484 bits per heavy atom. The van der Waals surface area contributed by atoms with Crippen LogP contribution in [0.1, 0.15) is 43.0 Å². The molecule has 2 saturated heterocycles. The third-order valence-electron chi connectivity index (χ3n) is 10.1. The zero-order valence-corrected chi connectivity index (χ0v) is 35.1. The summed E-state index contributed by atoms with van der Waals surface area (Å²) >= 11 is 0. The number of hydrogen-bond donors (Lipinski definition) is 1. The fraction of sp³-hybridized carbons (Fsp3) is 0.426. The van der Waals surface area contributed by atoms with Crippen LogP contribution in [-0.4, -0.2) is 105 Å². The van der Waals surface area contributed by atoms with Gasteiger partial charge in [0.2, 0.25) is 0 Å². The molecule has 332 valence electrons. The largest absolute Gasteiger partial charge is 0.497 e. The van der Waals surface area contributed by atoms with Crippen molar-refractivity contribution in [1.82, 2.24) is 0 Å². The third kappa shape index (κ3) is 13.4. The van der Waals surface area contributed by atoms with Crippen LogP contribution in [0.25, 0.3) is 0 Å². The molecule has 2 fully saturated rings. The van der Waals surface area contributed by atoms with E-state index >= 15 is 0 Å². The zero-order valence-electron chi connectivity index (χ0n) is 35.1. The van der Waals surface area contributed by atoms with E-state index in [1.807, 2.05) is 103 Å². The Balaban J connectivity index is 1.28. The topological polar surface area (TPSA) is 173 Å². The molecule has 15 nitrogen and oxygen atoms in total. The van der Waals surface area contributed by atoms with Crippen LogP contribution in [0.4, 0.5) is 0 Å². The van der Waals surface area contributed by atoms with Crippen molar-refractivity contribution in [3.05, 3.63) is 138 Å². The number of hydrogen-bond acceptors (Lipinski definition) is 15. The molecule has 0 amide bonds. The molecule has 15 heteroatoms. The van der Waals surface area contributed by atoms with Gasteiger partial charge in [-0.15, -0.1) is 0 Å². The van der Waals surface area contributed by atoms with E-state index in [1.54, 1.807) is 19.2 Å². The number of aliphatic hydroxyl groups is 1. The number of ether oxygens (including phenoxy) is 11. The Kier molecular flexibility index (Phi) is 17.4. The molecule has 2 aliphatic rings. The molecule has 1 N–H and O–H groups in total. The van der Waals surface area contributed by atoms with Gasteiger partial charge < -0.3 is 57.2 Å². The number of carbonyl (C=O) groups excluding carboxylic acids is 3. The van der Waals surface area contributed by atoms with E-state index in [0.29, 0.717) is 5.75 Å². The molecule has 0 bridgehead atoms. The molecule has 0 radical (unpaired) electrons. The lowest BCUT2D eigenvalue weighted by molar-refractivity contribution is -0.340. The first-order valence-electron chi connectivity index (χ1n) is 20.4. The van der Waals surface area contributed by atoms with Crippen molar-refractivity contribution < 1.29 is 71.6 Å². The predicted octanol–water partition coefficient (Wildman–Crippen LogP) is 5.22. The van der Waals surface area contributed by atoms with Crippen molar-refractivity contribution in [1.29, 1.82) is 0 Å². The van der Waals surface area contributed by atoms with Crippen LogP contribution in [0, 0.1) is 0 Å². The highest BCUT2D eigenvalue weighted by Crippen LogP contribution is 2.33. The van der Waals surface area contributed by atoms with E-state index in [4.69, 9.17) is 52.1 Å². The molecule has 2 heterocycles. The average molecular weight is 859 g/mol. The van der Waals surface area contributed by atoms with Gasteiger partial charge in [-0.25, -0.2) is 0 Å². The smallest absolute Gasteiger partial charge is 0.303 e. The average Bonchev–Trinajstić information content (AvgIpc) is 3.27. The van der Waals surface area contributed by atoms with Crippen molar-refractivity contribution in [3.63, 3.8) is 0 Å². The minimum absolute atomic E-state index is 0.139. The van der Waals surface area contributed by atoms with Crippen LogP contribution in [0.3, 0.4) is 0 Å². The van der Waals surface area contributed by atoms with Crippen molar-refractivity contribution in [3.8, 4) is 5.75 Å². The SMILES string of the molecule is COc1ccc(COC[C@H]2O[C@@H](OC[C@H]3O[C@H](O)[C@H](OCc4ccccc4)[C@@H](OCc4ccccc4)[C@@H]3OCc3ccccc3)[C@H](OC(C)=O)[C@@H](OC(C)=O)[C@@H]2OC(C)=O)cc1. The third-order valence-corrected chi connectivity index (χ3v) is 10.1. The molecule has 4 aromatic carbocycles. The summed E-state index contributed by atoms with van der Waals surface area (Å²) in [6.07, 6.45) is -12.0. The predicted molar refractivity (Wildman–Crippen MR) is 220 cm³/mol. The molecule has 10 atom stereocenters. The normalized spacial score (nSPS) is 26.0. The summed E-state index contributed by atoms with van der Waals surface area (Å²) in [5.74, 6) is -1.52. The molecule has 0 spiro atoms. The van der Waals surface area contributed by atoms with Crippen molar-refractivity contribution in [2.75, 3.05) is 20.3 Å². The molecule has 6 rings (SSSR count). The number of esters is 3. The summed E-state index contributed by atoms with van der Waals surface area (Å²) in [6.45, 7) is 3.64. The molecule has 0 unspecified atom stereocenters. The summed E-state index contributed by atoms with van der Waals surface area (Å²) in [7, 11) is 1.57. The summed E-state index contributed by atoms with van der Waals surface area (Å²) in [4.78, 5) is 37.6. The summed E-state index contributed by atoms with van der Waals surface area (Å²) < 4.78 is 66.9. The van der Waals surface area contributed by atoms with Crippen LogP contribution < -0.4 is 4.74 Å². The van der Waals surface area contributed by atoms with Gasteiger partial charge >= 0.3 is 17.9 Å². The van der Waals surface area contributed by atoms with Crippen molar-refractivity contribution in [2.45, 2.75) is 109 Å². The second-order valence-electron chi connectivity index (χ2n) is 14.8. The Morgan fingerprint density at radius 2 is 0.935 bits per heavy atom. The van der Waals surface area contributed by atoms with Crippen LogP contribution in [0.5, 0.6) is 5.75 Å². The van der Waals surface area contributed by atoms with E-state index in [-0.39, 0.29) is 39.6 Å². The van der Waals surface area contributed by atoms with Gasteiger partial charge in [-0.2, -0.15) is 0 Å². The van der Waals surface area contributed by atoms with Crippen LogP contribution >= 0.6 is 0 Å². The number of rotatable bonds is 20. The molecular weight excluding hydrogens is 805 g/mol. The molecule has 4 aromatic rings. The van der Waals surface area contributed by atoms with Gasteiger partial charge in [0, 0.05) is 20.8 Å². The highest BCUT2D eigenvalue weighted by molar-refractivity contribution is 5.68. The molecule has 0 aromatic heterocycles. The van der Waals surface area contributed by atoms with Crippen molar-refractivity contribution >= 4 is 17.9 Å². The van der Waals surface area contributed by atoms with E-state index in [1.165, 1.54) is 20.8 Å². The maximum Gasteiger partial charge on any atom is 0.303 e. The summed E-state index contributed by atoms with van der Waals surface area (Å²) in [5.41, 5.74) is 3.43. The van der Waals surface area contributed by atoms with E-state index in [2.05, 4.69) is 0 Å². The Hall–Kier alpha value is -5.23. The number of aliphatic hydroxyl groups excluding tert-OH is 1. The lowest BCUT2D eigenvalue weighted by Crippen LogP contribution is -2.64. The van der Waals surface area contributed by atoms with Crippen LogP contribution in [0.2, 0.25) is 0 Å². The minimum Gasteiger partial charge on any atom is -0.497 e. The van der Waals surface area contributed by atoms with Crippen LogP contribution in [0.15, 0.2) is 115 Å². The van der Waals surface area contributed by atoms with E-state index < -0.39 is 79.3 Å². The van der Waals surface area contributed by atoms with Gasteiger partial charge in [0.15, 0.2) is 30.9 Å². The molecule has 2 aliphatic heterocycles. The molecule has 0 aliphatic carbocycles. The second kappa shape index (κ2) is 23.3. The lowest BCUT2D eigenvalue weighted by Gasteiger charge is -2.46. The molecule has 62 heavy (non-hydrogen) atoms. The highest BCUT2D eigenvalue weighted by atomic mass is 16.7. The maximum absolute atomic E-state index is 12.6. The van der Waals surface area contributed by atoms with Crippen LogP contribution in [-0.2, 0) is 88.2 Å². The van der Waals surface area contributed by atoms with E-state index in [9.17, 15) is 19.5 Å². The number of methoxy groups -OCH3 is 1.